The van der Waals surface area contributed by atoms with Gasteiger partial charge in [0.2, 0.25) is 0 Å². The average Bonchev–Trinajstić information content (AvgIpc) is 2.93. The molecule has 0 unspecified atom stereocenters. The van der Waals surface area contributed by atoms with Gasteiger partial charge < -0.3 is 14.8 Å². The quantitative estimate of drug-likeness (QED) is 0.800. The standard InChI is InChI=1S/C18H22N6/c1-4-12-5-14(13-9-23(2)10-13)19-7-15(12)22-18-6-17-16(8-20-18)21-11-24(17)3/h5-8,11,13H,4,9-10H2,1-3H3,(H,20,22). The molecule has 1 saturated heterocycles. The molecule has 4 rings (SSSR count). The number of anilines is 2. The molecule has 3 aromatic heterocycles. The highest BCUT2D eigenvalue weighted by Gasteiger charge is 2.26. The van der Waals surface area contributed by atoms with Crippen LogP contribution < -0.4 is 5.32 Å². The fourth-order valence-electron chi connectivity index (χ4n) is 3.27. The predicted molar refractivity (Wildman–Crippen MR) is 95.6 cm³/mol. The van der Waals surface area contributed by atoms with E-state index < -0.39 is 0 Å². The molecule has 1 aliphatic heterocycles. The van der Waals surface area contributed by atoms with Crippen molar-refractivity contribution in [2.24, 2.45) is 7.05 Å². The molecule has 0 aliphatic carbocycles. The Morgan fingerprint density at radius 3 is 2.71 bits per heavy atom. The molecule has 0 bridgehead atoms. The van der Waals surface area contributed by atoms with E-state index in [-0.39, 0.29) is 0 Å². The van der Waals surface area contributed by atoms with Gasteiger partial charge in [-0.05, 0) is 25.1 Å². The summed E-state index contributed by atoms with van der Waals surface area (Å²) >= 11 is 0. The Kier molecular flexibility index (Phi) is 3.69. The zero-order valence-electron chi connectivity index (χ0n) is 14.3. The number of rotatable bonds is 4. The monoisotopic (exact) mass is 322 g/mol. The van der Waals surface area contributed by atoms with Gasteiger partial charge in [-0.3, -0.25) is 4.98 Å². The maximum Gasteiger partial charge on any atom is 0.132 e. The van der Waals surface area contributed by atoms with Gasteiger partial charge in [0.1, 0.15) is 11.3 Å². The normalized spacial score (nSPS) is 15.6. The summed E-state index contributed by atoms with van der Waals surface area (Å²) in [5.74, 6) is 1.39. The second kappa shape index (κ2) is 5.87. The van der Waals surface area contributed by atoms with Crippen molar-refractivity contribution in [3.05, 3.63) is 42.1 Å². The fourth-order valence-corrected chi connectivity index (χ4v) is 3.27. The Morgan fingerprint density at radius 1 is 1.12 bits per heavy atom. The number of hydrogen-bond donors (Lipinski definition) is 1. The van der Waals surface area contributed by atoms with Crippen molar-refractivity contribution in [1.29, 1.82) is 0 Å². The van der Waals surface area contributed by atoms with Crippen LogP contribution in [0.1, 0.15) is 24.1 Å². The van der Waals surface area contributed by atoms with Crippen LogP contribution in [0.2, 0.25) is 0 Å². The van der Waals surface area contributed by atoms with Gasteiger partial charge in [0.15, 0.2) is 0 Å². The van der Waals surface area contributed by atoms with E-state index in [0.29, 0.717) is 5.92 Å². The molecular formula is C18H22N6. The SMILES string of the molecule is CCc1cc(C2CN(C)C2)ncc1Nc1cc2c(cn1)ncn2C. The van der Waals surface area contributed by atoms with Crippen molar-refractivity contribution >= 4 is 22.5 Å². The molecule has 0 atom stereocenters. The number of likely N-dealkylation sites (tertiary alicyclic amines) is 1. The summed E-state index contributed by atoms with van der Waals surface area (Å²) in [6, 6.07) is 4.26. The summed E-state index contributed by atoms with van der Waals surface area (Å²) in [4.78, 5) is 15.8. The number of nitrogens with zero attached hydrogens (tertiary/aromatic N) is 5. The van der Waals surface area contributed by atoms with Crippen LogP contribution in [0.4, 0.5) is 11.5 Å². The zero-order valence-corrected chi connectivity index (χ0v) is 14.3. The highest BCUT2D eigenvalue weighted by molar-refractivity contribution is 5.78. The van der Waals surface area contributed by atoms with Crippen LogP contribution in [-0.2, 0) is 13.5 Å². The van der Waals surface area contributed by atoms with Gasteiger partial charge in [-0.2, -0.15) is 0 Å². The van der Waals surface area contributed by atoms with Crippen LogP contribution in [0.3, 0.4) is 0 Å². The number of hydrogen-bond acceptors (Lipinski definition) is 5. The molecule has 4 heterocycles. The fraction of sp³-hybridized carbons (Fsp3) is 0.389. The first kappa shape index (κ1) is 15.1. The molecule has 24 heavy (non-hydrogen) atoms. The van der Waals surface area contributed by atoms with E-state index in [2.05, 4.69) is 45.2 Å². The summed E-state index contributed by atoms with van der Waals surface area (Å²) in [7, 11) is 4.13. The summed E-state index contributed by atoms with van der Waals surface area (Å²) in [6.45, 7) is 4.37. The minimum atomic E-state index is 0.568. The van der Waals surface area contributed by atoms with Crippen molar-refractivity contribution in [2.75, 3.05) is 25.5 Å². The van der Waals surface area contributed by atoms with Crippen molar-refractivity contribution in [1.82, 2.24) is 24.4 Å². The lowest BCUT2D eigenvalue weighted by Crippen LogP contribution is -2.42. The average molecular weight is 322 g/mol. The second-order valence-corrected chi connectivity index (χ2v) is 6.58. The van der Waals surface area contributed by atoms with E-state index in [1.807, 2.05) is 23.9 Å². The third-order valence-electron chi connectivity index (χ3n) is 4.75. The van der Waals surface area contributed by atoms with Gasteiger partial charge in [0.25, 0.3) is 0 Å². The van der Waals surface area contributed by atoms with Crippen LogP contribution in [0, 0.1) is 0 Å². The van der Waals surface area contributed by atoms with Crippen molar-refractivity contribution in [2.45, 2.75) is 19.3 Å². The summed E-state index contributed by atoms with van der Waals surface area (Å²) in [5.41, 5.74) is 5.48. The molecule has 0 spiro atoms. The van der Waals surface area contributed by atoms with E-state index in [4.69, 9.17) is 0 Å². The molecule has 6 nitrogen and oxygen atoms in total. The zero-order chi connectivity index (χ0) is 16.7. The number of imidazole rings is 1. The summed E-state index contributed by atoms with van der Waals surface area (Å²) in [5, 5.41) is 3.42. The molecule has 0 radical (unpaired) electrons. The Labute approximate surface area is 141 Å². The summed E-state index contributed by atoms with van der Waals surface area (Å²) < 4.78 is 2.00. The smallest absolute Gasteiger partial charge is 0.132 e. The number of pyridine rings is 2. The van der Waals surface area contributed by atoms with Crippen LogP contribution >= 0.6 is 0 Å². The maximum absolute atomic E-state index is 4.68. The van der Waals surface area contributed by atoms with E-state index in [9.17, 15) is 0 Å². The first-order valence-electron chi connectivity index (χ1n) is 8.35. The lowest BCUT2D eigenvalue weighted by atomic mass is 9.95. The molecule has 0 saturated carbocycles. The number of aryl methyl sites for hydroxylation is 2. The topological polar surface area (TPSA) is 58.9 Å². The van der Waals surface area contributed by atoms with Crippen molar-refractivity contribution in [3.8, 4) is 0 Å². The highest BCUT2D eigenvalue weighted by Crippen LogP contribution is 2.28. The Hall–Kier alpha value is -2.47. The Balaban J connectivity index is 1.61. The van der Waals surface area contributed by atoms with E-state index in [1.165, 1.54) is 11.3 Å². The maximum atomic E-state index is 4.68. The predicted octanol–water partition coefficient (Wildman–Crippen LogP) is 2.70. The molecule has 0 amide bonds. The number of nitrogens with one attached hydrogen (secondary N) is 1. The molecule has 1 aliphatic rings. The molecule has 6 heteroatoms. The number of fused-ring (bicyclic) bond motifs is 1. The van der Waals surface area contributed by atoms with Gasteiger partial charge in [-0.1, -0.05) is 6.92 Å². The van der Waals surface area contributed by atoms with Crippen molar-refractivity contribution in [3.63, 3.8) is 0 Å². The first-order valence-corrected chi connectivity index (χ1v) is 8.35. The van der Waals surface area contributed by atoms with Crippen LogP contribution in [0.25, 0.3) is 11.0 Å². The minimum Gasteiger partial charge on any atom is -0.339 e. The largest absolute Gasteiger partial charge is 0.339 e. The molecule has 1 fully saturated rings. The third kappa shape index (κ3) is 2.63. The lowest BCUT2D eigenvalue weighted by Gasteiger charge is -2.36. The first-order chi connectivity index (χ1) is 11.6. The van der Waals surface area contributed by atoms with Gasteiger partial charge in [-0.25, -0.2) is 9.97 Å². The van der Waals surface area contributed by atoms with Crippen LogP contribution in [0.15, 0.2) is 30.9 Å². The van der Waals surface area contributed by atoms with Gasteiger partial charge in [0, 0.05) is 37.8 Å². The molecule has 0 aromatic carbocycles. The highest BCUT2D eigenvalue weighted by atomic mass is 15.2. The van der Waals surface area contributed by atoms with Crippen LogP contribution in [0.5, 0.6) is 0 Å². The number of likely N-dealkylation sites (N-methyl/N-ethyl adjacent to an activating group) is 1. The lowest BCUT2D eigenvalue weighted by molar-refractivity contribution is 0.186. The molecular weight excluding hydrogens is 300 g/mol. The summed E-state index contributed by atoms with van der Waals surface area (Å²) in [6.07, 6.45) is 6.52. The molecule has 1 N–H and O–H groups in total. The van der Waals surface area contributed by atoms with Gasteiger partial charge in [-0.15, -0.1) is 0 Å². The Bertz CT molecular complexity index is 878. The molecule has 124 valence electrons. The van der Waals surface area contributed by atoms with Crippen molar-refractivity contribution < 1.29 is 0 Å². The van der Waals surface area contributed by atoms with E-state index in [0.717, 1.165) is 42.0 Å². The minimum absolute atomic E-state index is 0.568. The van der Waals surface area contributed by atoms with Crippen LogP contribution in [-0.4, -0.2) is 44.6 Å². The third-order valence-corrected chi connectivity index (χ3v) is 4.75. The van der Waals surface area contributed by atoms with E-state index in [1.54, 1.807) is 12.5 Å². The Morgan fingerprint density at radius 2 is 1.96 bits per heavy atom. The molecule has 3 aromatic rings. The number of aromatic nitrogens is 4. The second-order valence-electron chi connectivity index (χ2n) is 6.58. The van der Waals surface area contributed by atoms with Gasteiger partial charge >= 0.3 is 0 Å². The van der Waals surface area contributed by atoms with Gasteiger partial charge in [0.05, 0.1) is 29.9 Å². The van der Waals surface area contributed by atoms with E-state index >= 15 is 0 Å².